The molecule has 4 nitrogen and oxygen atoms in total. The number of aliphatic hydroxyl groups is 1. The van der Waals surface area contributed by atoms with E-state index >= 15 is 0 Å². The third-order valence-corrected chi connectivity index (χ3v) is 2.45. The van der Waals surface area contributed by atoms with Crippen molar-refractivity contribution in [1.82, 2.24) is 15.1 Å². The molecule has 2 atom stereocenters. The first-order valence-electron chi connectivity index (χ1n) is 5.06. The molecule has 0 radical (unpaired) electrons. The average Bonchev–Trinajstić information content (AvgIpc) is 2.65. The van der Waals surface area contributed by atoms with Gasteiger partial charge in [0, 0.05) is 18.8 Å². The van der Waals surface area contributed by atoms with Crippen LogP contribution in [0, 0.1) is 0 Å². The van der Waals surface area contributed by atoms with Crippen LogP contribution >= 0.6 is 0 Å². The quantitative estimate of drug-likeness (QED) is 0.743. The summed E-state index contributed by atoms with van der Waals surface area (Å²) in [4.78, 5) is 0. The second-order valence-corrected chi connectivity index (χ2v) is 3.53. The first-order chi connectivity index (χ1) is 6.70. The minimum absolute atomic E-state index is 0.339. The summed E-state index contributed by atoms with van der Waals surface area (Å²) in [5.41, 5.74) is 0.883. The number of nitrogens with one attached hydrogen (secondary N) is 1. The predicted molar refractivity (Wildman–Crippen MR) is 56.1 cm³/mol. The Morgan fingerprint density at radius 2 is 2.36 bits per heavy atom. The summed E-state index contributed by atoms with van der Waals surface area (Å²) in [6, 6.07) is 2.21. The highest BCUT2D eigenvalue weighted by Gasteiger charge is 2.14. The number of rotatable bonds is 5. The number of aromatic nitrogens is 2. The summed E-state index contributed by atoms with van der Waals surface area (Å²) in [7, 11) is 1.83. The third kappa shape index (κ3) is 2.33. The molecular formula is C10H19N3O. The SMILES string of the molecule is CCC(C)n1nccc1C(O)CNC. The molecule has 0 saturated heterocycles. The van der Waals surface area contributed by atoms with Crippen molar-refractivity contribution < 1.29 is 5.11 Å². The predicted octanol–water partition coefficient (Wildman–Crippen LogP) is 1.11. The molecule has 4 heteroatoms. The van der Waals surface area contributed by atoms with Gasteiger partial charge in [0.1, 0.15) is 6.10 Å². The average molecular weight is 197 g/mol. The zero-order chi connectivity index (χ0) is 10.6. The molecule has 1 aromatic rings. The molecule has 14 heavy (non-hydrogen) atoms. The number of likely N-dealkylation sites (N-methyl/N-ethyl adjacent to an activating group) is 1. The standard InChI is InChI=1S/C10H19N3O/c1-4-8(2)13-9(5-6-12-13)10(14)7-11-3/h5-6,8,10-11,14H,4,7H2,1-3H3. The minimum Gasteiger partial charge on any atom is -0.385 e. The van der Waals surface area contributed by atoms with Crippen LogP contribution < -0.4 is 5.32 Å². The van der Waals surface area contributed by atoms with Gasteiger partial charge in [0.2, 0.25) is 0 Å². The highest BCUT2D eigenvalue weighted by Crippen LogP contribution is 2.17. The molecule has 80 valence electrons. The van der Waals surface area contributed by atoms with Gasteiger partial charge in [0.05, 0.1) is 5.69 Å². The molecule has 1 aromatic heterocycles. The van der Waals surface area contributed by atoms with Crippen molar-refractivity contribution in [1.29, 1.82) is 0 Å². The fraction of sp³-hybridized carbons (Fsp3) is 0.700. The lowest BCUT2D eigenvalue weighted by Gasteiger charge is -2.17. The normalized spacial score (nSPS) is 15.4. The van der Waals surface area contributed by atoms with Crippen molar-refractivity contribution in [2.24, 2.45) is 0 Å². The molecule has 0 amide bonds. The molecule has 0 aliphatic carbocycles. The van der Waals surface area contributed by atoms with Crippen molar-refractivity contribution in [3.8, 4) is 0 Å². The zero-order valence-corrected chi connectivity index (χ0v) is 9.07. The zero-order valence-electron chi connectivity index (χ0n) is 9.07. The molecule has 2 N–H and O–H groups in total. The summed E-state index contributed by atoms with van der Waals surface area (Å²) in [6.07, 6.45) is 2.28. The van der Waals surface area contributed by atoms with Crippen LogP contribution in [-0.4, -0.2) is 28.5 Å². The van der Waals surface area contributed by atoms with Crippen LogP contribution in [0.3, 0.4) is 0 Å². The Balaban J connectivity index is 2.81. The van der Waals surface area contributed by atoms with Gasteiger partial charge in [0.25, 0.3) is 0 Å². The van der Waals surface area contributed by atoms with Gasteiger partial charge in [0.15, 0.2) is 0 Å². The van der Waals surface area contributed by atoms with E-state index in [-0.39, 0.29) is 0 Å². The van der Waals surface area contributed by atoms with Crippen LogP contribution in [0.4, 0.5) is 0 Å². The number of hydrogen-bond donors (Lipinski definition) is 2. The van der Waals surface area contributed by atoms with E-state index in [4.69, 9.17) is 0 Å². The first kappa shape index (κ1) is 11.2. The monoisotopic (exact) mass is 197 g/mol. The molecule has 0 bridgehead atoms. The Bertz CT molecular complexity index is 272. The summed E-state index contributed by atoms with van der Waals surface area (Å²) < 4.78 is 1.89. The van der Waals surface area contributed by atoms with E-state index in [1.807, 2.05) is 17.8 Å². The lowest BCUT2D eigenvalue weighted by Crippen LogP contribution is -2.21. The highest BCUT2D eigenvalue weighted by molar-refractivity contribution is 5.06. The van der Waals surface area contributed by atoms with Gasteiger partial charge in [-0.25, -0.2) is 0 Å². The maximum Gasteiger partial charge on any atom is 0.108 e. The smallest absolute Gasteiger partial charge is 0.108 e. The Morgan fingerprint density at radius 3 is 2.93 bits per heavy atom. The summed E-state index contributed by atoms with van der Waals surface area (Å²) in [5, 5.41) is 17.0. The third-order valence-electron chi connectivity index (χ3n) is 2.45. The summed E-state index contributed by atoms with van der Waals surface area (Å²) in [6.45, 7) is 4.77. The number of nitrogens with zero attached hydrogens (tertiary/aromatic N) is 2. The topological polar surface area (TPSA) is 50.1 Å². The maximum atomic E-state index is 9.81. The number of hydrogen-bond acceptors (Lipinski definition) is 3. The van der Waals surface area contributed by atoms with E-state index in [0.29, 0.717) is 12.6 Å². The largest absolute Gasteiger partial charge is 0.385 e. The van der Waals surface area contributed by atoms with Gasteiger partial charge in [-0.1, -0.05) is 6.92 Å². The van der Waals surface area contributed by atoms with E-state index in [1.54, 1.807) is 6.20 Å². The van der Waals surface area contributed by atoms with Crippen molar-refractivity contribution in [2.45, 2.75) is 32.4 Å². The molecule has 1 heterocycles. The Morgan fingerprint density at radius 1 is 1.64 bits per heavy atom. The Hall–Kier alpha value is -0.870. The van der Waals surface area contributed by atoms with Crippen molar-refractivity contribution >= 4 is 0 Å². The lowest BCUT2D eigenvalue weighted by molar-refractivity contribution is 0.163. The van der Waals surface area contributed by atoms with Crippen molar-refractivity contribution in [3.05, 3.63) is 18.0 Å². The van der Waals surface area contributed by atoms with Crippen molar-refractivity contribution in [2.75, 3.05) is 13.6 Å². The molecule has 0 spiro atoms. The number of aliphatic hydroxyl groups excluding tert-OH is 1. The van der Waals surface area contributed by atoms with Gasteiger partial charge < -0.3 is 10.4 Å². The van der Waals surface area contributed by atoms with Crippen LogP contribution in [0.1, 0.15) is 38.1 Å². The van der Waals surface area contributed by atoms with Crippen molar-refractivity contribution in [3.63, 3.8) is 0 Å². The van der Waals surface area contributed by atoms with Gasteiger partial charge in [-0.15, -0.1) is 0 Å². The van der Waals surface area contributed by atoms with Crippen LogP contribution in [0.15, 0.2) is 12.3 Å². The van der Waals surface area contributed by atoms with Crippen LogP contribution in [0.5, 0.6) is 0 Å². The second kappa shape index (κ2) is 5.12. The molecule has 2 unspecified atom stereocenters. The van der Waals surface area contributed by atoms with E-state index in [0.717, 1.165) is 12.1 Å². The second-order valence-electron chi connectivity index (χ2n) is 3.53. The minimum atomic E-state index is -0.475. The van der Waals surface area contributed by atoms with Gasteiger partial charge >= 0.3 is 0 Å². The van der Waals surface area contributed by atoms with E-state index in [2.05, 4.69) is 24.3 Å². The van der Waals surface area contributed by atoms with E-state index in [9.17, 15) is 5.11 Å². The van der Waals surface area contributed by atoms with E-state index in [1.165, 1.54) is 0 Å². The summed E-state index contributed by atoms with van der Waals surface area (Å²) >= 11 is 0. The Kier molecular flexibility index (Phi) is 4.10. The first-order valence-corrected chi connectivity index (χ1v) is 5.06. The highest BCUT2D eigenvalue weighted by atomic mass is 16.3. The fourth-order valence-corrected chi connectivity index (χ4v) is 1.43. The summed E-state index contributed by atoms with van der Waals surface area (Å²) in [5.74, 6) is 0. The van der Waals surface area contributed by atoms with Crippen LogP contribution in [0.25, 0.3) is 0 Å². The van der Waals surface area contributed by atoms with Gasteiger partial charge in [-0.3, -0.25) is 4.68 Å². The molecule has 0 saturated carbocycles. The maximum absolute atomic E-state index is 9.81. The van der Waals surface area contributed by atoms with Crippen LogP contribution in [-0.2, 0) is 0 Å². The van der Waals surface area contributed by atoms with E-state index < -0.39 is 6.10 Å². The molecule has 0 aromatic carbocycles. The molecular weight excluding hydrogens is 178 g/mol. The Labute approximate surface area is 84.9 Å². The molecule has 0 aliphatic heterocycles. The van der Waals surface area contributed by atoms with Crippen LogP contribution in [0.2, 0.25) is 0 Å². The fourth-order valence-electron chi connectivity index (χ4n) is 1.43. The van der Waals surface area contributed by atoms with Gasteiger partial charge in [-0.05, 0) is 26.5 Å². The molecule has 0 fully saturated rings. The molecule has 1 rings (SSSR count). The lowest BCUT2D eigenvalue weighted by atomic mass is 10.2. The van der Waals surface area contributed by atoms with Gasteiger partial charge in [-0.2, -0.15) is 5.10 Å². The molecule has 0 aliphatic rings.